The quantitative estimate of drug-likeness (QED) is 0.526. The summed E-state index contributed by atoms with van der Waals surface area (Å²) < 4.78 is 0. The summed E-state index contributed by atoms with van der Waals surface area (Å²) in [5, 5.41) is 0. The molecular weight excluding hydrogens is 195 g/mol. The lowest BCUT2D eigenvalue weighted by Gasteiger charge is -1.56. The topological polar surface area (TPSA) is 48.6 Å². The molecule has 0 rings (SSSR count). The van der Waals surface area contributed by atoms with Crippen molar-refractivity contribution in [2.45, 2.75) is 13.8 Å². The second-order valence-electron chi connectivity index (χ2n) is 0.908. The van der Waals surface area contributed by atoms with Gasteiger partial charge in [-0.1, -0.05) is 0 Å². The van der Waals surface area contributed by atoms with E-state index in [1.807, 2.05) is 0 Å². The molecule has 0 aromatic rings. The first-order valence-corrected chi connectivity index (χ1v) is 1.20. The monoisotopic (exact) mass is 204 g/mol. The van der Waals surface area contributed by atoms with Crippen LogP contribution >= 0.6 is 24.0 Å². The molecule has 2 N–H and O–H groups in total. The molecule has 0 aromatic heterocycles. The lowest BCUT2D eigenvalue weighted by atomic mass is 10.6. The fraction of sp³-hybridized carbons (Fsp3) is 0.667. The zero-order chi connectivity index (χ0) is 3.58. The fourth-order valence-electron chi connectivity index (χ4n) is 0. The number of ketones is 1. The molecule has 0 aliphatic rings. The summed E-state index contributed by atoms with van der Waals surface area (Å²) in [5.74, 6) is 0.167. The van der Waals surface area contributed by atoms with Gasteiger partial charge in [0.1, 0.15) is 5.78 Å². The van der Waals surface area contributed by atoms with Crippen LogP contribution in [-0.4, -0.2) is 11.3 Å². The molecule has 0 amide bonds. The van der Waals surface area contributed by atoms with E-state index in [2.05, 4.69) is 0 Å². The third-order valence-electron chi connectivity index (χ3n) is 0. The Labute approximate surface area is 54.3 Å². The maximum atomic E-state index is 9.44. The second kappa shape index (κ2) is 9.03. The van der Waals surface area contributed by atoms with Crippen LogP contribution < -0.4 is 0 Å². The largest absolute Gasteiger partial charge is 0.412 e. The van der Waals surface area contributed by atoms with Crippen LogP contribution in [0.25, 0.3) is 0 Å². The van der Waals surface area contributed by atoms with Gasteiger partial charge in [0.25, 0.3) is 0 Å². The van der Waals surface area contributed by atoms with Crippen LogP contribution in [0.4, 0.5) is 0 Å². The number of carbonyl (C=O) groups excluding carboxylic acids is 1. The highest BCUT2D eigenvalue weighted by atomic mass is 127. The number of hydrogen-bond acceptors (Lipinski definition) is 1. The van der Waals surface area contributed by atoms with E-state index in [1.165, 1.54) is 13.8 Å². The molecule has 6 heavy (non-hydrogen) atoms. The van der Waals surface area contributed by atoms with Crippen LogP contribution in [0.5, 0.6) is 0 Å². The Balaban J connectivity index is -0.0000000450. The molecular formula is C3H9IO2. The lowest BCUT2D eigenvalue weighted by molar-refractivity contribution is -0.114. The Kier molecular flexibility index (Phi) is 24.3. The van der Waals surface area contributed by atoms with Crippen molar-refractivity contribution in [2.24, 2.45) is 0 Å². The minimum atomic E-state index is 0. The first-order valence-electron chi connectivity index (χ1n) is 1.20. The minimum absolute atomic E-state index is 0. The summed E-state index contributed by atoms with van der Waals surface area (Å²) in [6.45, 7) is 3.06. The van der Waals surface area contributed by atoms with Crippen molar-refractivity contribution in [3.63, 3.8) is 0 Å². The van der Waals surface area contributed by atoms with E-state index in [4.69, 9.17) is 0 Å². The predicted molar refractivity (Wildman–Crippen MR) is 35.4 cm³/mol. The molecule has 0 saturated heterocycles. The van der Waals surface area contributed by atoms with Gasteiger partial charge in [-0.3, -0.25) is 0 Å². The number of hydrogen-bond donors (Lipinski definition) is 0. The molecule has 0 unspecified atom stereocenters. The van der Waals surface area contributed by atoms with Crippen molar-refractivity contribution >= 4 is 29.8 Å². The van der Waals surface area contributed by atoms with E-state index >= 15 is 0 Å². The van der Waals surface area contributed by atoms with Gasteiger partial charge in [0.2, 0.25) is 0 Å². The zero-order valence-corrected chi connectivity index (χ0v) is 6.15. The average Bonchev–Trinajstić information content (AvgIpc) is 0.811. The number of Topliss-reactive ketones (excluding diaryl/α,β-unsaturated/α-hetero) is 1. The summed E-state index contributed by atoms with van der Waals surface area (Å²) in [5.41, 5.74) is 0. The van der Waals surface area contributed by atoms with Gasteiger partial charge in [-0.2, -0.15) is 0 Å². The summed E-state index contributed by atoms with van der Waals surface area (Å²) in [4.78, 5) is 9.44. The molecule has 3 heteroatoms. The predicted octanol–water partition coefficient (Wildman–Crippen LogP) is 0.389. The highest BCUT2D eigenvalue weighted by Gasteiger charge is 1.62. The second-order valence-corrected chi connectivity index (χ2v) is 0.908. The van der Waals surface area contributed by atoms with Crippen LogP contribution in [0.15, 0.2) is 0 Å². The van der Waals surface area contributed by atoms with Crippen molar-refractivity contribution in [1.82, 2.24) is 0 Å². The van der Waals surface area contributed by atoms with E-state index in [-0.39, 0.29) is 35.2 Å². The Morgan fingerprint density at radius 1 is 1.33 bits per heavy atom. The molecule has 0 heterocycles. The number of rotatable bonds is 0. The van der Waals surface area contributed by atoms with Gasteiger partial charge in [-0.25, -0.2) is 0 Å². The molecule has 0 saturated carbocycles. The third-order valence-corrected chi connectivity index (χ3v) is 0. The lowest BCUT2D eigenvalue weighted by Crippen LogP contribution is -1.69. The third kappa shape index (κ3) is 380. The Morgan fingerprint density at radius 3 is 1.33 bits per heavy atom. The smallest absolute Gasteiger partial charge is 0.126 e. The molecule has 0 aliphatic carbocycles. The molecule has 0 aromatic carbocycles. The van der Waals surface area contributed by atoms with Crippen molar-refractivity contribution in [3.05, 3.63) is 0 Å². The van der Waals surface area contributed by atoms with Crippen LogP contribution in [0.1, 0.15) is 13.8 Å². The van der Waals surface area contributed by atoms with Gasteiger partial charge in [0, 0.05) is 0 Å². The number of carbonyl (C=O) groups is 1. The summed E-state index contributed by atoms with van der Waals surface area (Å²) in [7, 11) is 0. The van der Waals surface area contributed by atoms with Crippen molar-refractivity contribution in [3.8, 4) is 0 Å². The van der Waals surface area contributed by atoms with Gasteiger partial charge < -0.3 is 10.3 Å². The zero-order valence-electron chi connectivity index (χ0n) is 3.82. The highest BCUT2D eigenvalue weighted by molar-refractivity contribution is 14.0. The molecule has 0 fully saturated rings. The maximum Gasteiger partial charge on any atom is 0.126 e. The van der Waals surface area contributed by atoms with E-state index in [0.29, 0.717) is 0 Å². The molecule has 0 aliphatic heterocycles. The Hall–Kier alpha value is 0.360. The van der Waals surface area contributed by atoms with Gasteiger partial charge in [0.05, 0.1) is 0 Å². The van der Waals surface area contributed by atoms with E-state index in [1.54, 1.807) is 0 Å². The summed E-state index contributed by atoms with van der Waals surface area (Å²) in [6.07, 6.45) is 0. The molecule has 40 valence electrons. The molecule has 0 bridgehead atoms. The van der Waals surface area contributed by atoms with E-state index in [9.17, 15) is 4.79 Å². The normalized spacial score (nSPS) is 4.33. The van der Waals surface area contributed by atoms with Crippen molar-refractivity contribution < 1.29 is 10.3 Å². The van der Waals surface area contributed by atoms with Crippen LogP contribution in [0.3, 0.4) is 0 Å². The molecule has 0 spiro atoms. The first-order chi connectivity index (χ1) is 1.73. The van der Waals surface area contributed by atoms with E-state index < -0.39 is 0 Å². The molecule has 2 nitrogen and oxygen atoms in total. The van der Waals surface area contributed by atoms with Gasteiger partial charge in [0.15, 0.2) is 0 Å². The van der Waals surface area contributed by atoms with Crippen LogP contribution in [0.2, 0.25) is 0 Å². The molecule has 0 radical (unpaired) electrons. The van der Waals surface area contributed by atoms with Crippen LogP contribution in [0, 0.1) is 0 Å². The van der Waals surface area contributed by atoms with Crippen molar-refractivity contribution in [1.29, 1.82) is 0 Å². The van der Waals surface area contributed by atoms with Gasteiger partial charge in [-0.05, 0) is 13.8 Å². The Morgan fingerprint density at radius 2 is 1.33 bits per heavy atom. The fourth-order valence-corrected chi connectivity index (χ4v) is 0. The van der Waals surface area contributed by atoms with Crippen LogP contribution in [-0.2, 0) is 4.79 Å². The average molecular weight is 204 g/mol. The van der Waals surface area contributed by atoms with E-state index in [0.717, 1.165) is 0 Å². The SMILES string of the molecule is CC(C)=O.I.O. The maximum absolute atomic E-state index is 9.44. The Bertz CT molecular complexity index is 31.8. The highest BCUT2D eigenvalue weighted by Crippen LogP contribution is 1.50. The first kappa shape index (κ1) is 16.2. The van der Waals surface area contributed by atoms with Gasteiger partial charge >= 0.3 is 0 Å². The van der Waals surface area contributed by atoms with Crippen molar-refractivity contribution in [2.75, 3.05) is 0 Å². The summed E-state index contributed by atoms with van der Waals surface area (Å²) >= 11 is 0. The standard InChI is InChI=1S/C3H6O.HI.H2O/c1-3(2)4;;/h1-2H3;1H;1H2. The number of halogens is 1. The summed E-state index contributed by atoms with van der Waals surface area (Å²) in [6, 6.07) is 0. The minimum Gasteiger partial charge on any atom is -0.412 e. The van der Waals surface area contributed by atoms with Gasteiger partial charge in [-0.15, -0.1) is 24.0 Å². The molecule has 0 atom stereocenters.